The molecule has 0 aliphatic heterocycles. The monoisotopic (exact) mass is 301 g/mol. The van der Waals surface area contributed by atoms with E-state index in [1.165, 1.54) is 0 Å². The van der Waals surface area contributed by atoms with Crippen molar-refractivity contribution in [3.8, 4) is 0 Å². The molecule has 0 spiro atoms. The summed E-state index contributed by atoms with van der Waals surface area (Å²) in [6, 6.07) is 1.93. The molecule has 1 aromatic heterocycles. The van der Waals surface area contributed by atoms with Crippen molar-refractivity contribution in [3.05, 3.63) is 28.0 Å². The van der Waals surface area contributed by atoms with Crippen molar-refractivity contribution >= 4 is 11.6 Å². The molecule has 1 aliphatic rings. The zero-order chi connectivity index (χ0) is 15.1. The Morgan fingerprint density at radius 3 is 2.30 bits per heavy atom. The second kappa shape index (κ2) is 5.25. The number of hydrogen-bond donors (Lipinski definition) is 0. The van der Waals surface area contributed by atoms with E-state index in [0.717, 1.165) is 17.0 Å². The van der Waals surface area contributed by atoms with E-state index < -0.39 is 5.92 Å². The SMILES string of the molecule is Cc1cc(Cl)c(C(C)(C)C)nc1C1CCC(F)(F)CC1. The van der Waals surface area contributed by atoms with Gasteiger partial charge in [-0.05, 0) is 31.4 Å². The number of rotatable bonds is 1. The molecule has 1 aromatic rings. The van der Waals surface area contributed by atoms with Crippen LogP contribution in [0.3, 0.4) is 0 Å². The molecule has 0 N–H and O–H groups in total. The van der Waals surface area contributed by atoms with E-state index in [0.29, 0.717) is 17.9 Å². The number of nitrogens with zero attached hydrogens (tertiary/aromatic N) is 1. The van der Waals surface area contributed by atoms with Crippen LogP contribution in [0.1, 0.15) is 69.3 Å². The van der Waals surface area contributed by atoms with Crippen LogP contribution in [-0.4, -0.2) is 10.9 Å². The molecule has 2 rings (SSSR count). The van der Waals surface area contributed by atoms with Crippen LogP contribution in [-0.2, 0) is 5.41 Å². The van der Waals surface area contributed by atoms with Gasteiger partial charge in [-0.2, -0.15) is 0 Å². The third-order valence-electron chi connectivity index (χ3n) is 4.02. The predicted octanol–water partition coefficient (Wildman–Crippen LogP) is 5.63. The van der Waals surface area contributed by atoms with Crippen molar-refractivity contribution in [1.82, 2.24) is 4.98 Å². The summed E-state index contributed by atoms with van der Waals surface area (Å²) in [6.07, 6.45) is 0.941. The Morgan fingerprint density at radius 2 is 1.80 bits per heavy atom. The van der Waals surface area contributed by atoms with Crippen molar-refractivity contribution in [2.45, 2.75) is 70.6 Å². The Hall–Kier alpha value is -0.700. The summed E-state index contributed by atoms with van der Waals surface area (Å²) in [5.74, 6) is -2.36. The molecular formula is C16H22ClF2N. The minimum atomic E-state index is -2.50. The van der Waals surface area contributed by atoms with E-state index >= 15 is 0 Å². The van der Waals surface area contributed by atoms with Crippen molar-refractivity contribution in [1.29, 1.82) is 0 Å². The first kappa shape index (κ1) is 15.7. The number of pyridine rings is 1. The van der Waals surface area contributed by atoms with Crippen molar-refractivity contribution in [2.75, 3.05) is 0 Å². The molecule has 0 amide bonds. The van der Waals surface area contributed by atoms with Gasteiger partial charge in [0, 0.05) is 29.9 Å². The highest BCUT2D eigenvalue weighted by Crippen LogP contribution is 2.42. The van der Waals surface area contributed by atoms with Gasteiger partial charge in [0.05, 0.1) is 10.7 Å². The standard InChI is InChI=1S/C16H22ClF2N/c1-10-9-12(17)14(15(2,3)4)20-13(10)11-5-7-16(18,19)8-6-11/h9,11H,5-8H2,1-4H3. The normalized spacial score (nSPS) is 20.1. The van der Waals surface area contributed by atoms with Gasteiger partial charge >= 0.3 is 0 Å². The van der Waals surface area contributed by atoms with Crippen LogP contribution in [0, 0.1) is 6.92 Å². The van der Waals surface area contributed by atoms with E-state index in [-0.39, 0.29) is 24.2 Å². The van der Waals surface area contributed by atoms with Gasteiger partial charge in [-0.15, -0.1) is 0 Å². The van der Waals surface area contributed by atoms with E-state index in [1.54, 1.807) is 0 Å². The molecule has 4 heteroatoms. The summed E-state index contributed by atoms with van der Waals surface area (Å²) >= 11 is 6.29. The largest absolute Gasteiger partial charge is 0.255 e. The van der Waals surface area contributed by atoms with E-state index in [1.807, 2.05) is 13.0 Å². The molecule has 0 saturated heterocycles. The highest BCUT2D eigenvalue weighted by atomic mass is 35.5. The Kier molecular flexibility index (Phi) is 4.12. The lowest BCUT2D eigenvalue weighted by molar-refractivity contribution is -0.0385. The van der Waals surface area contributed by atoms with Crippen molar-refractivity contribution in [3.63, 3.8) is 0 Å². The fourth-order valence-corrected chi connectivity index (χ4v) is 3.34. The summed E-state index contributed by atoms with van der Waals surface area (Å²) in [5.41, 5.74) is 2.68. The molecule has 0 unspecified atom stereocenters. The fourth-order valence-electron chi connectivity index (χ4n) is 2.85. The molecule has 0 radical (unpaired) electrons. The van der Waals surface area contributed by atoms with Crippen LogP contribution in [0.25, 0.3) is 0 Å². The molecule has 1 fully saturated rings. The van der Waals surface area contributed by atoms with E-state index in [9.17, 15) is 8.78 Å². The second-order valence-electron chi connectivity index (χ2n) is 6.90. The summed E-state index contributed by atoms with van der Waals surface area (Å²) in [5, 5.41) is 0.667. The van der Waals surface area contributed by atoms with Crippen molar-refractivity contribution < 1.29 is 8.78 Å². The zero-order valence-electron chi connectivity index (χ0n) is 12.6. The Bertz CT molecular complexity index is 496. The van der Waals surface area contributed by atoms with Crippen molar-refractivity contribution in [2.24, 2.45) is 0 Å². The van der Waals surface area contributed by atoms with Crippen LogP contribution in [0.15, 0.2) is 6.07 Å². The predicted molar refractivity (Wildman–Crippen MR) is 78.8 cm³/mol. The molecular weight excluding hydrogens is 280 g/mol. The van der Waals surface area contributed by atoms with Gasteiger partial charge in [0.25, 0.3) is 0 Å². The number of alkyl halides is 2. The number of hydrogen-bond acceptors (Lipinski definition) is 1. The second-order valence-corrected chi connectivity index (χ2v) is 7.31. The molecule has 1 aliphatic carbocycles. The third kappa shape index (κ3) is 3.30. The van der Waals surface area contributed by atoms with E-state index in [2.05, 4.69) is 20.8 Å². The average Bonchev–Trinajstić information content (AvgIpc) is 2.28. The summed E-state index contributed by atoms with van der Waals surface area (Å²) in [7, 11) is 0. The van der Waals surface area contributed by atoms with Gasteiger partial charge in [0.1, 0.15) is 0 Å². The molecule has 0 bridgehead atoms. The Balaban J connectivity index is 2.33. The Morgan fingerprint density at radius 1 is 1.25 bits per heavy atom. The van der Waals surface area contributed by atoms with Gasteiger partial charge in [-0.1, -0.05) is 32.4 Å². The highest BCUT2D eigenvalue weighted by molar-refractivity contribution is 6.31. The lowest BCUT2D eigenvalue weighted by atomic mass is 9.82. The summed E-state index contributed by atoms with van der Waals surface area (Å²) in [4.78, 5) is 4.74. The molecule has 112 valence electrons. The van der Waals surface area contributed by atoms with Gasteiger partial charge in [0.15, 0.2) is 0 Å². The molecule has 0 atom stereocenters. The quantitative estimate of drug-likeness (QED) is 0.654. The first-order chi connectivity index (χ1) is 9.10. The van der Waals surface area contributed by atoms with Crippen LogP contribution < -0.4 is 0 Å². The Labute approximate surface area is 124 Å². The smallest absolute Gasteiger partial charge is 0.248 e. The molecule has 1 saturated carbocycles. The van der Waals surface area contributed by atoms with Crippen LogP contribution in [0.4, 0.5) is 8.78 Å². The number of aromatic nitrogens is 1. The number of aryl methyl sites for hydroxylation is 1. The molecule has 0 aromatic carbocycles. The van der Waals surface area contributed by atoms with E-state index in [4.69, 9.17) is 16.6 Å². The summed E-state index contributed by atoms with van der Waals surface area (Å²) < 4.78 is 26.6. The number of halogens is 3. The minimum Gasteiger partial charge on any atom is -0.255 e. The third-order valence-corrected chi connectivity index (χ3v) is 4.31. The summed E-state index contributed by atoms with van der Waals surface area (Å²) in [6.45, 7) is 8.16. The van der Waals surface area contributed by atoms with Crippen LogP contribution >= 0.6 is 11.6 Å². The molecule has 20 heavy (non-hydrogen) atoms. The van der Waals surface area contributed by atoms with Gasteiger partial charge in [0.2, 0.25) is 5.92 Å². The van der Waals surface area contributed by atoms with Gasteiger partial charge in [-0.25, -0.2) is 8.78 Å². The van der Waals surface area contributed by atoms with Gasteiger partial charge < -0.3 is 0 Å². The first-order valence-corrected chi connectivity index (χ1v) is 7.53. The van der Waals surface area contributed by atoms with Crippen LogP contribution in [0.2, 0.25) is 5.02 Å². The minimum absolute atomic E-state index is 0.0355. The topological polar surface area (TPSA) is 12.9 Å². The zero-order valence-corrected chi connectivity index (χ0v) is 13.3. The molecule has 1 nitrogen and oxygen atoms in total. The highest BCUT2D eigenvalue weighted by Gasteiger charge is 2.36. The van der Waals surface area contributed by atoms with Crippen LogP contribution in [0.5, 0.6) is 0 Å². The maximum absolute atomic E-state index is 13.3. The van der Waals surface area contributed by atoms with Gasteiger partial charge in [-0.3, -0.25) is 4.98 Å². The molecule has 1 heterocycles. The first-order valence-electron chi connectivity index (χ1n) is 7.15. The fraction of sp³-hybridized carbons (Fsp3) is 0.688. The maximum atomic E-state index is 13.3. The lowest BCUT2D eigenvalue weighted by Crippen LogP contribution is -2.25. The lowest BCUT2D eigenvalue weighted by Gasteiger charge is -2.30. The average molecular weight is 302 g/mol. The maximum Gasteiger partial charge on any atom is 0.248 e.